The van der Waals surface area contributed by atoms with Crippen molar-refractivity contribution >= 4 is 17.2 Å². The van der Waals surface area contributed by atoms with E-state index in [1.807, 2.05) is 11.3 Å². The fraction of sp³-hybridized carbons (Fsp3) is 0.750. The van der Waals surface area contributed by atoms with Crippen LogP contribution < -0.4 is 0 Å². The highest BCUT2D eigenvalue weighted by molar-refractivity contribution is 7.11. The van der Waals surface area contributed by atoms with Crippen LogP contribution in [0.5, 0.6) is 0 Å². The van der Waals surface area contributed by atoms with E-state index in [0.717, 1.165) is 52.0 Å². The molecule has 2 aliphatic heterocycles. The molecule has 1 atom stereocenters. The number of fused-ring (bicyclic) bond motifs is 1. The maximum Gasteiger partial charge on any atom is 0.222 e. The van der Waals surface area contributed by atoms with Crippen molar-refractivity contribution in [3.05, 3.63) is 15.6 Å². The summed E-state index contributed by atoms with van der Waals surface area (Å²) < 4.78 is 5.58. The molecule has 114 valence electrons. The molecule has 1 aromatic rings. The first-order valence-corrected chi connectivity index (χ1v) is 8.89. The molecule has 3 aliphatic rings. The van der Waals surface area contributed by atoms with E-state index in [9.17, 15) is 4.79 Å². The van der Waals surface area contributed by atoms with Crippen molar-refractivity contribution in [3.63, 3.8) is 0 Å². The van der Waals surface area contributed by atoms with E-state index in [0.29, 0.717) is 12.3 Å². The zero-order valence-electron chi connectivity index (χ0n) is 12.4. The summed E-state index contributed by atoms with van der Waals surface area (Å²) in [4.78, 5) is 20.5. The van der Waals surface area contributed by atoms with E-state index in [2.05, 4.69) is 4.90 Å². The van der Waals surface area contributed by atoms with Gasteiger partial charge in [-0.15, -0.1) is 11.3 Å². The maximum absolute atomic E-state index is 12.2. The van der Waals surface area contributed by atoms with Crippen LogP contribution in [0.3, 0.4) is 0 Å². The van der Waals surface area contributed by atoms with Crippen LogP contribution in [0, 0.1) is 5.41 Å². The number of aryl methyl sites for hydroxylation is 2. The summed E-state index contributed by atoms with van der Waals surface area (Å²) in [5, 5.41) is 1.22. The summed E-state index contributed by atoms with van der Waals surface area (Å²) >= 11 is 1.86. The SMILES string of the molecule is O=C1CCC2(CCOC2)CN1CCc1nc2c(s1)CCC2. The molecule has 4 rings (SSSR count). The first-order valence-electron chi connectivity index (χ1n) is 8.07. The van der Waals surface area contributed by atoms with Gasteiger partial charge in [0.15, 0.2) is 0 Å². The van der Waals surface area contributed by atoms with Gasteiger partial charge in [-0.25, -0.2) is 4.98 Å². The van der Waals surface area contributed by atoms with E-state index in [-0.39, 0.29) is 5.41 Å². The van der Waals surface area contributed by atoms with Gasteiger partial charge in [0.1, 0.15) is 0 Å². The molecule has 1 aromatic heterocycles. The first kappa shape index (κ1) is 13.7. The Hall–Kier alpha value is -0.940. The lowest BCUT2D eigenvalue weighted by atomic mass is 9.79. The average Bonchev–Trinajstić information content (AvgIpc) is 3.16. The Morgan fingerprint density at radius 3 is 3.05 bits per heavy atom. The number of hydrogen-bond donors (Lipinski definition) is 0. The summed E-state index contributed by atoms with van der Waals surface area (Å²) in [5.41, 5.74) is 1.57. The number of aromatic nitrogens is 1. The van der Waals surface area contributed by atoms with Crippen LogP contribution in [0.2, 0.25) is 0 Å². The molecular formula is C16H22N2O2S. The summed E-state index contributed by atoms with van der Waals surface area (Å²) in [7, 11) is 0. The topological polar surface area (TPSA) is 42.4 Å². The highest BCUT2D eigenvalue weighted by atomic mass is 32.1. The Bertz CT molecular complexity index is 527. The number of carbonyl (C=O) groups is 1. The lowest BCUT2D eigenvalue weighted by Crippen LogP contribution is -2.47. The Kier molecular flexibility index (Phi) is 3.50. The molecule has 1 unspecified atom stereocenters. The number of rotatable bonds is 3. The zero-order valence-corrected chi connectivity index (χ0v) is 13.2. The number of ether oxygens (including phenoxy) is 1. The molecule has 0 saturated carbocycles. The van der Waals surface area contributed by atoms with E-state index >= 15 is 0 Å². The Morgan fingerprint density at radius 1 is 1.29 bits per heavy atom. The molecule has 1 aliphatic carbocycles. The van der Waals surface area contributed by atoms with Crippen LogP contribution in [0.4, 0.5) is 0 Å². The summed E-state index contributed by atoms with van der Waals surface area (Å²) in [6.07, 6.45) is 7.35. The Morgan fingerprint density at radius 2 is 2.24 bits per heavy atom. The molecule has 0 aromatic carbocycles. The Labute approximate surface area is 129 Å². The molecule has 2 fully saturated rings. The molecule has 21 heavy (non-hydrogen) atoms. The van der Waals surface area contributed by atoms with Crippen molar-refractivity contribution in [3.8, 4) is 0 Å². The highest BCUT2D eigenvalue weighted by Gasteiger charge is 2.41. The molecule has 1 spiro atoms. The first-order chi connectivity index (χ1) is 10.2. The number of amides is 1. The molecule has 3 heterocycles. The molecule has 2 saturated heterocycles. The minimum atomic E-state index is 0.249. The van der Waals surface area contributed by atoms with Crippen LogP contribution >= 0.6 is 11.3 Å². The molecule has 5 heteroatoms. The van der Waals surface area contributed by atoms with Gasteiger partial charge in [-0.2, -0.15) is 0 Å². The predicted octanol–water partition coefficient (Wildman–Crippen LogP) is 2.20. The second-order valence-electron chi connectivity index (χ2n) is 6.70. The summed E-state index contributed by atoms with van der Waals surface area (Å²) in [6, 6.07) is 0. The normalized spacial score (nSPS) is 28.6. The highest BCUT2D eigenvalue weighted by Crippen LogP contribution is 2.38. The van der Waals surface area contributed by atoms with E-state index < -0.39 is 0 Å². The maximum atomic E-state index is 12.2. The van der Waals surface area contributed by atoms with E-state index in [1.54, 1.807) is 0 Å². The second-order valence-corrected chi connectivity index (χ2v) is 7.87. The molecule has 0 bridgehead atoms. The average molecular weight is 306 g/mol. The fourth-order valence-electron chi connectivity index (χ4n) is 3.86. The number of piperidine rings is 1. The number of nitrogens with zero attached hydrogens (tertiary/aromatic N) is 2. The lowest BCUT2D eigenvalue weighted by Gasteiger charge is -2.39. The van der Waals surface area contributed by atoms with Crippen molar-refractivity contribution in [1.29, 1.82) is 0 Å². The predicted molar refractivity (Wildman–Crippen MR) is 81.5 cm³/mol. The van der Waals surface area contributed by atoms with E-state index in [1.165, 1.54) is 28.4 Å². The summed E-state index contributed by atoms with van der Waals surface area (Å²) in [6.45, 7) is 3.41. The number of thiazole rings is 1. The summed E-state index contributed by atoms with van der Waals surface area (Å²) in [5.74, 6) is 0.316. The third kappa shape index (κ3) is 2.61. The molecule has 0 N–H and O–H groups in total. The van der Waals surface area contributed by atoms with Gasteiger partial charge in [-0.3, -0.25) is 4.79 Å². The quantitative estimate of drug-likeness (QED) is 0.860. The number of likely N-dealkylation sites (tertiary alicyclic amines) is 1. The van der Waals surface area contributed by atoms with Crippen LogP contribution in [-0.4, -0.2) is 42.1 Å². The Balaban J connectivity index is 1.39. The van der Waals surface area contributed by atoms with Gasteiger partial charge < -0.3 is 9.64 Å². The second kappa shape index (κ2) is 5.36. The number of carbonyl (C=O) groups excluding carboxylic acids is 1. The van der Waals surface area contributed by atoms with Crippen molar-refractivity contribution in [2.75, 3.05) is 26.3 Å². The van der Waals surface area contributed by atoms with Gasteiger partial charge in [-0.05, 0) is 32.1 Å². The van der Waals surface area contributed by atoms with Gasteiger partial charge >= 0.3 is 0 Å². The lowest BCUT2D eigenvalue weighted by molar-refractivity contribution is -0.137. The third-order valence-electron chi connectivity index (χ3n) is 5.17. The van der Waals surface area contributed by atoms with Gasteiger partial charge in [0.25, 0.3) is 0 Å². The molecular weight excluding hydrogens is 284 g/mol. The van der Waals surface area contributed by atoms with Gasteiger partial charge in [0.05, 0.1) is 17.3 Å². The van der Waals surface area contributed by atoms with Crippen molar-refractivity contribution in [2.24, 2.45) is 5.41 Å². The van der Waals surface area contributed by atoms with Gasteiger partial charge in [0.2, 0.25) is 5.91 Å². The van der Waals surface area contributed by atoms with Crippen molar-refractivity contribution < 1.29 is 9.53 Å². The van der Waals surface area contributed by atoms with Crippen LogP contribution in [0.25, 0.3) is 0 Å². The molecule has 4 nitrogen and oxygen atoms in total. The van der Waals surface area contributed by atoms with Gasteiger partial charge in [0, 0.05) is 42.8 Å². The largest absolute Gasteiger partial charge is 0.381 e. The van der Waals surface area contributed by atoms with E-state index in [4.69, 9.17) is 9.72 Å². The van der Waals surface area contributed by atoms with Crippen LogP contribution in [-0.2, 0) is 28.8 Å². The van der Waals surface area contributed by atoms with Crippen molar-refractivity contribution in [1.82, 2.24) is 9.88 Å². The minimum Gasteiger partial charge on any atom is -0.381 e. The molecule has 0 radical (unpaired) electrons. The standard InChI is InChI=1S/C16H22N2O2S/c19-15-4-6-16(7-9-20-11-16)10-18(15)8-5-14-17-12-2-1-3-13(12)21-14/h1-11H2. The third-order valence-corrected chi connectivity index (χ3v) is 6.39. The molecule has 1 amide bonds. The smallest absolute Gasteiger partial charge is 0.222 e. The van der Waals surface area contributed by atoms with Crippen LogP contribution in [0.1, 0.15) is 41.3 Å². The minimum absolute atomic E-state index is 0.249. The zero-order chi connectivity index (χ0) is 14.3. The monoisotopic (exact) mass is 306 g/mol. The van der Waals surface area contributed by atoms with Crippen LogP contribution in [0.15, 0.2) is 0 Å². The number of hydrogen-bond acceptors (Lipinski definition) is 4. The van der Waals surface area contributed by atoms with Crippen molar-refractivity contribution in [2.45, 2.75) is 44.9 Å². The van der Waals surface area contributed by atoms with Gasteiger partial charge in [-0.1, -0.05) is 0 Å². The fourth-order valence-corrected chi connectivity index (χ4v) is 5.00.